The largest absolute Gasteiger partial charge is 0.373 e. The van der Waals surface area contributed by atoms with Crippen molar-refractivity contribution >= 4 is 11.8 Å². The van der Waals surface area contributed by atoms with Crippen LogP contribution in [0.2, 0.25) is 0 Å². The number of hydrogen-bond acceptors (Lipinski definition) is 3. The Labute approximate surface area is 175 Å². The van der Waals surface area contributed by atoms with E-state index in [0.29, 0.717) is 38.3 Å². The highest BCUT2D eigenvalue weighted by atomic mass is 19.1. The Kier molecular flexibility index (Phi) is 7.15. The maximum atomic E-state index is 13.5. The second-order valence-electron chi connectivity index (χ2n) is 7.87. The smallest absolute Gasteiger partial charge is 0.254 e. The minimum absolute atomic E-state index is 0.208. The molecule has 1 heterocycles. The lowest BCUT2D eigenvalue weighted by molar-refractivity contribution is -0.0340. The van der Waals surface area contributed by atoms with Gasteiger partial charge in [0.05, 0.1) is 12.7 Å². The molecule has 30 heavy (non-hydrogen) atoms. The molecule has 160 valence electrons. The second-order valence-corrected chi connectivity index (χ2v) is 7.87. The lowest BCUT2D eigenvalue weighted by Crippen LogP contribution is -2.51. The van der Waals surface area contributed by atoms with Gasteiger partial charge in [0.15, 0.2) is 0 Å². The predicted molar refractivity (Wildman–Crippen MR) is 109 cm³/mol. The van der Waals surface area contributed by atoms with Crippen LogP contribution in [0.4, 0.5) is 8.78 Å². The van der Waals surface area contributed by atoms with Gasteiger partial charge in [-0.15, -0.1) is 0 Å². The van der Waals surface area contributed by atoms with E-state index < -0.39 is 11.6 Å². The number of morpholine rings is 1. The zero-order valence-corrected chi connectivity index (χ0v) is 17.2. The van der Waals surface area contributed by atoms with Crippen LogP contribution in [0.1, 0.15) is 34.6 Å². The molecule has 2 amide bonds. The summed E-state index contributed by atoms with van der Waals surface area (Å²) in [5, 5.41) is 0. The van der Waals surface area contributed by atoms with Crippen LogP contribution in [0.25, 0.3) is 0 Å². The van der Waals surface area contributed by atoms with Gasteiger partial charge in [-0.3, -0.25) is 9.59 Å². The lowest BCUT2D eigenvalue weighted by Gasteiger charge is -2.36. The molecule has 0 N–H and O–H groups in total. The Morgan fingerprint density at radius 1 is 1.10 bits per heavy atom. The first kappa shape index (κ1) is 21.9. The first-order valence-electron chi connectivity index (χ1n) is 10.0. The van der Waals surface area contributed by atoms with Gasteiger partial charge >= 0.3 is 0 Å². The van der Waals surface area contributed by atoms with Crippen LogP contribution in [-0.4, -0.2) is 60.5 Å². The number of benzene rings is 2. The van der Waals surface area contributed by atoms with Gasteiger partial charge < -0.3 is 14.5 Å². The van der Waals surface area contributed by atoms with Gasteiger partial charge in [0.2, 0.25) is 0 Å². The number of amides is 2. The zero-order chi connectivity index (χ0) is 21.7. The van der Waals surface area contributed by atoms with Gasteiger partial charge in [-0.05, 0) is 48.4 Å². The van der Waals surface area contributed by atoms with Crippen LogP contribution < -0.4 is 0 Å². The minimum atomic E-state index is -0.460. The molecule has 2 aromatic rings. The van der Waals surface area contributed by atoms with Gasteiger partial charge in [-0.1, -0.05) is 19.9 Å². The Hall–Kier alpha value is -2.80. The molecular weight excluding hydrogens is 390 g/mol. The van der Waals surface area contributed by atoms with Crippen molar-refractivity contribution in [2.75, 3.05) is 32.8 Å². The quantitative estimate of drug-likeness (QED) is 0.723. The Bertz CT molecular complexity index is 886. The molecule has 0 spiro atoms. The van der Waals surface area contributed by atoms with Crippen molar-refractivity contribution in [3.8, 4) is 0 Å². The van der Waals surface area contributed by atoms with Gasteiger partial charge in [-0.2, -0.15) is 0 Å². The van der Waals surface area contributed by atoms with Crippen molar-refractivity contribution in [3.63, 3.8) is 0 Å². The molecule has 1 aliphatic rings. The maximum Gasteiger partial charge on any atom is 0.254 e. The summed E-state index contributed by atoms with van der Waals surface area (Å²) in [5.41, 5.74) is 0.692. The number of carbonyl (C=O) groups excluding carboxylic acids is 2. The first-order chi connectivity index (χ1) is 14.3. The van der Waals surface area contributed by atoms with E-state index in [1.165, 1.54) is 42.5 Å². The Balaban J connectivity index is 1.70. The monoisotopic (exact) mass is 416 g/mol. The molecule has 0 bridgehead atoms. The Morgan fingerprint density at radius 2 is 1.83 bits per heavy atom. The van der Waals surface area contributed by atoms with Gasteiger partial charge in [-0.25, -0.2) is 8.78 Å². The molecular formula is C23H26F2N2O3. The summed E-state index contributed by atoms with van der Waals surface area (Å²) in [4.78, 5) is 29.0. The predicted octanol–water partition coefficient (Wildman–Crippen LogP) is 3.60. The van der Waals surface area contributed by atoms with E-state index in [1.54, 1.807) is 15.9 Å². The number of rotatable bonds is 6. The summed E-state index contributed by atoms with van der Waals surface area (Å²) in [6, 6.07) is 11.1. The highest BCUT2D eigenvalue weighted by Crippen LogP contribution is 2.15. The summed E-state index contributed by atoms with van der Waals surface area (Å²) in [6.45, 7) is 5.88. The molecule has 0 aliphatic carbocycles. The second kappa shape index (κ2) is 9.80. The highest BCUT2D eigenvalue weighted by Gasteiger charge is 2.28. The third-order valence-electron chi connectivity index (χ3n) is 4.89. The number of hydrogen-bond donors (Lipinski definition) is 0. The van der Waals surface area contributed by atoms with Crippen molar-refractivity contribution in [2.24, 2.45) is 5.92 Å². The van der Waals surface area contributed by atoms with E-state index in [2.05, 4.69) is 0 Å². The fraction of sp³-hybridized carbons (Fsp3) is 0.391. The van der Waals surface area contributed by atoms with Crippen molar-refractivity contribution < 1.29 is 23.1 Å². The minimum Gasteiger partial charge on any atom is -0.373 e. The van der Waals surface area contributed by atoms with Crippen LogP contribution in [0.5, 0.6) is 0 Å². The molecule has 3 rings (SSSR count). The molecule has 7 heteroatoms. The van der Waals surface area contributed by atoms with Crippen LogP contribution in [-0.2, 0) is 4.74 Å². The van der Waals surface area contributed by atoms with E-state index in [4.69, 9.17) is 4.74 Å². The number of ether oxygens (including phenoxy) is 1. The van der Waals surface area contributed by atoms with E-state index >= 15 is 0 Å². The van der Waals surface area contributed by atoms with Crippen LogP contribution in [0, 0.1) is 17.6 Å². The fourth-order valence-corrected chi connectivity index (χ4v) is 3.52. The standard InChI is InChI=1S/C23H26F2N2O3/c1-16(2)13-27(22(28)17-6-8-19(24)9-7-17)15-21-14-26(10-11-30-21)23(29)18-4-3-5-20(25)12-18/h3-9,12,16,21H,10-11,13-15H2,1-2H3. The summed E-state index contributed by atoms with van der Waals surface area (Å²) in [6.07, 6.45) is -0.362. The lowest BCUT2D eigenvalue weighted by atomic mass is 10.1. The molecule has 5 nitrogen and oxygen atoms in total. The third kappa shape index (κ3) is 5.63. The van der Waals surface area contributed by atoms with Crippen molar-refractivity contribution in [3.05, 3.63) is 71.3 Å². The van der Waals surface area contributed by atoms with Crippen LogP contribution in [0.15, 0.2) is 48.5 Å². The molecule has 1 saturated heterocycles. The van der Waals surface area contributed by atoms with E-state index in [1.807, 2.05) is 13.8 Å². The summed E-state index contributed by atoms with van der Waals surface area (Å²) in [7, 11) is 0. The SMILES string of the molecule is CC(C)CN(CC1CN(C(=O)c2cccc(F)c2)CCO1)C(=O)c1ccc(F)cc1. The Morgan fingerprint density at radius 3 is 2.50 bits per heavy atom. The first-order valence-corrected chi connectivity index (χ1v) is 10.0. The third-order valence-corrected chi connectivity index (χ3v) is 4.89. The topological polar surface area (TPSA) is 49.9 Å². The highest BCUT2D eigenvalue weighted by molar-refractivity contribution is 5.95. The van der Waals surface area contributed by atoms with Crippen molar-refractivity contribution in [1.82, 2.24) is 9.80 Å². The summed E-state index contributed by atoms with van der Waals surface area (Å²) >= 11 is 0. The molecule has 1 aliphatic heterocycles. The van der Waals surface area contributed by atoms with Gasteiger partial charge in [0, 0.05) is 37.3 Å². The van der Waals surface area contributed by atoms with E-state index in [9.17, 15) is 18.4 Å². The summed E-state index contributed by atoms with van der Waals surface area (Å²) in [5.74, 6) is -1.10. The van der Waals surface area contributed by atoms with E-state index in [-0.39, 0.29) is 29.4 Å². The number of nitrogens with zero attached hydrogens (tertiary/aromatic N) is 2. The van der Waals surface area contributed by atoms with Gasteiger partial charge in [0.25, 0.3) is 11.8 Å². The molecule has 0 saturated carbocycles. The number of carbonyl (C=O) groups is 2. The van der Waals surface area contributed by atoms with Crippen LogP contribution in [0.3, 0.4) is 0 Å². The molecule has 0 radical (unpaired) electrons. The molecule has 1 fully saturated rings. The maximum absolute atomic E-state index is 13.5. The normalized spacial score (nSPS) is 16.6. The van der Waals surface area contributed by atoms with Gasteiger partial charge in [0.1, 0.15) is 11.6 Å². The average molecular weight is 416 g/mol. The van der Waals surface area contributed by atoms with Crippen molar-refractivity contribution in [1.29, 1.82) is 0 Å². The summed E-state index contributed by atoms with van der Waals surface area (Å²) < 4.78 is 32.5. The van der Waals surface area contributed by atoms with E-state index in [0.717, 1.165) is 0 Å². The molecule has 1 atom stereocenters. The molecule has 2 aromatic carbocycles. The number of halogens is 2. The van der Waals surface area contributed by atoms with Crippen molar-refractivity contribution in [2.45, 2.75) is 20.0 Å². The average Bonchev–Trinajstić information content (AvgIpc) is 2.72. The fourth-order valence-electron chi connectivity index (χ4n) is 3.52. The zero-order valence-electron chi connectivity index (χ0n) is 17.2. The van der Waals surface area contributed by atoms with Crippen LogP contribution >= 0.6 is 0 Å². The molecule has 0 aromatic heterocycles. The molecule has 1 unspecified atom stereocenters.